The number of aliphatic hydroxyl groups is 1. The molecular weight excluding hydrogens is 607 g/mol. The average Bonchev–Trinajstić information content (AvgIpc) is 3.57. The summed E-state index contributed by atoms with van der Waals surface area (Å²) < 4.78 is 48.4. The van der Waals surface area contributed by atoms with E-state index in [2.05, 4.69) is 15.3 Å². The van der Waals surface area contributed by atoms with E-state index in [0.29, 0.717) is 58.3 Å². The van der Waals surface area contributed by atoms with Gasteiger partial charge in [-0.25, -0.2) is 14.8 Å². The molecule has 0 radical (unpaired) electrons. The monoisotopic (exact) mass is 633 g/mol. The van der Waals surface area contributed by atoms with Crippen molar-refractivity contribution in [3.05, 3.63) is 73.7 Å². The largest absolute Gasteiger partial charge is 0.447 e. The number of nitrogens with one attached hydrogen (secondary N) is 1. The van der Waals surface area contributed by atoms with Gasteiger partial charge in [-0.1, -0.05) is 23.7 Å². The molecule has 0 aliphatic carbocycles. The first-order valence-electron chi connectivity index (χ1n) is 13.6. The predicted octanol–water partition coefficient (Wildman–Crippen LogP) is 6.00. The van der Waals surface area contributed by atoms with Gasteiger partial charge >= 0.3 is 12.3 Å². The van der Waals surface area contributed by atoms with Crippen LogP contribution in [0.4, 0.5) is 23.7 Å². The van der Waals surface area contributed by atoms with E-state index in [-0.39, 0.29) is 47.3 Å². The van der Waals surface area contributed by atoms with Gasteiger partial charge in [-0.15, -0.1) is 11.3 Å². The number of cyclic esters (lactones) is 1. The van der Waals surface area contributed by atoms with E-state index in [4.69, 9.17) is 16.3 Å². The molecule has 4 heterocycles. The van der Waals surface area contributed by atoms with E-state index in [9.17, 15) is 27.9 Å². The Morgan fingerprint density at radius 2 is 1.95 bits per heavy atom. The molecule has 3 atom stereocenters. The number of hydrogen-bond donors (Lipinski definition) is 2. The zero-order valence-electron chi connectivity index (χ0n) is 23.1. The topological polar surface area (TPSA) is 110 Å². The van der Waals surface area contributed by atoms with Gasteiger partial charge in [0.25, 0.3) is 5.56 Å². The van der Waals surface area contributed by atoms with Crippen LogP contribution in [-0.2, 0) is 17.5 Å². The van der Waals surface area contributed by atoms with Crippen molar-refractivity contribution in [3.63, 3.8) is 0 Å². The van der Waals surface area contributed by atoms with Gasteiger partial charge in [0.2, 0.25) is 0 Å². The Morgan fingerprint density at radius 1 is 1.21 bits per heavy atom. The van der Waals surface area contributed by atoms with Crippen molar-refractivity contribution in [2.75, 3.05) is 18.5 Å². The van der Waals surface area contributed by atoms with Gasteiger partial charge in [-0.05, 0) is 56.5 Å². The molecule has 14 heteroatoms. The quantitative estimate of drug-likeness (QED) is 0.268. The van der Waals surface area contributed by atoms with Crippen molar-refractivity contribution in [3.8, 4) is 10.6 Å². The van der Waals surface area contributed by atoms with Crippen molar-refractivity contribution in [1.82, 2.24) is 19.4 Å². The second-order valence-corrected chi connectivity index (χ2v) is 12.2. The number of piperidine rings is 1. The van der Waals surface area contributed by atoms with Gasteiger partial charge in [0, 0.05) is 28.9 Å². The van der Waals surface area contributed by atoms with Gasteiger partial charge in [0.15, 0.2) is 0 Å². The summed E-state index contributed by atoms with van der Waals surface area (Å²) in [6, 6.07) is 10.0. The molecule has 0 saturated carbocycles. The van der Waals surface area contributed by atoms with Crippen LogP contribution in [-0.4, -0.2) is 55.9 Å². The Morgan fingerprint density at radius 3 is 2.63 bits per heavy atom. The number of benzene rings is 2. The highest BCUT2D eigenvalue weighted by atomic mass is 35.5. The zero-order valence-corrected chi connectivity index (χ0v) is 24.7. The molecule has 2 saturated heterocycles. The van der Waals surface area contributed by atoms with Crippen LogP contribution in [0.5, 0.6) is 0 Å². The first-order chi connectivity index (χ1) is 20.4. The summed E-state index contributed by atoms with van der Waals surface area (Å²) >= 11 is 6.45. The van der Waals surface area contributed by atoms with Crippen LogP contribution in [0.3, 0.4) is 0 Å². The van der Waals surface area contributed by atoms with Crippen molar-refractivity contribution in [1.29, 1.82) is 0 Å². The number of anilines is 1. The molecule has 0 spiro atoms. The first-order valence-corrected chi connectivity index (χ1v) is 14.8. The third-order valence-corrected chi connectivity index (χ3v) is 9.19. The number of alkyl halides is 3. The molecule has 2 aliphatic rings. The summed E-state index contributed by atoms with van der Waals surface area (Å²) in [7, 11) is 0. The summed E-state index contributed by atoms with van der Waals surface area (Å²) in [6.07, 6.45) is -5.38. The molecule has 1 amide bonds. The van der Waals surface area contributed by atoms with Gasteiger partial charge in [0.1, 0.15) is 22.3 Å². The number of carbonyl (C=O) groups is 1. The molecule has 43 heavy (non-hydrogen) atoms. The van der Waals surface area contributed by atoms with E-state index >= 15 is 0 Å². The summed E-state index contributed by atoms with van der Waals surface area (Å²) in [6.45, 7) is 3.90. The molecule has 2 N–H and O–H groups in total. The lowest BCUT2D eigenvalue weighted by Gasteiger charge is -2.33. The highest BCUT2D eigenvalue weighted by molar-refractivity contribution is 7.15. The second-order valence-electron chi connectivity index (χ2n) is 10.8. The van der Waals surface area contributed by atoms with Gasteiger partial charge in [-0.2, -0.15) is 13.2 Å². The third-order valence-electron chi connectivity index (χ3n) is 7.78. The Hall–Kier alpha value is -3.68. The number of carbonyl (C=O) groups excluding carboxylic acids is 1. The molecule has 226 valence electrons. The molecule has 9 nitrogen and oxygen atoms in total. The summed E-state index contributed by atoms with van der Waals surface area (Å²) in [5.74, 6) is 0.428. The summed E-state index contributed by atoms with van der Waals surface area (Å²) in [5.41, 5.74) is 1.13. The van der Waals surface area contributed by atoms with Gasteiger partial charge < -0.3 is 20.1 Å². The van der Waals surface area contributed by atoms with Crippen LogP contribution in [0.25, 0.3) is 21.5 Å². The Balaban J connectivity index is 1.46. The number of nitrogens with zero attached hydrogens (tertiary/aromatic N) is 4. The molecule has 0 bridgehead atoms. The van der Waals surface area contributed by atoms with E-state index < -0.39 is 22.9 Å². The van der Waals surface area contributed by atoms with Crippen LogP contribution >= 0.6 is 22.9 Å². The molecular formula is C29H27ClF3N5O4S. The van der Waals surface area contributed by atoms with Gasteiger partial charge in [-0.3, -0.25) is 9.36 Å². The Bertz CT molecular complexity index is 1770. The Labute approximate surface area is 252 Å². The smallest absolute Gasteiger partial charge is 0.427 e. The van der Waals surface area contributed by atoms with Crippen molar-refractivity contribution < 1.29 is 27.8 Å². The number of halogens is 4. The number of aryl methyl sites for hydroxylation is 1. The fraction of sp³-hybridized carbons (Fsp3) is 0.379. The third kappa shape index (κ3) is 5.68. The minimum Gasteiger partial charge on any atom is -0.447 e. The molecule has 2 aromatic heterocycles. The first kappa shape index (κ1) is 29.4. The normalized spacial score (nSPS) is 19.4. The minimum absolute atomic E-state index is 0.0363. The maximum Gasteiger partial charge on any atom is 0.427 e. The lowest BCUT2D eigenvalue weighted by molar-refractivity contribution is -0.136. The maximum absolute atomic E-state index is 13.9. The molecule has 2 fully saturated rings. The fourth-order valence-corrected chi connectivity index (χ4v) is 6.80. The predicted molar refractivity (Wildman–Crippen MR) is 157 cm³/mol. The molecule has 2 aliphatic heterocycles. The number of fused-ring (bicyclic) bond motifs is 2. The fourth-order valence-electron chi connectivity index (χ4n) is 5.62. The highest BCUT2D eigenvalue weighted by Gasteiger charge is 2.40. The van der Waals surface area contributed by atoms with Crippen molar-refractivity contribution in [2.24, 2.45) is 0 Å². The van der Waals surface area contributed by atoms with Crippen LogP contribution < -0.4 is 10.9 Å². The van der Waals surface area contributed by atoms with Crippen LogP contribution in [0, 0.1) is 6.92 Å². The number of amides is 1. The lowest BCUT2D eigenvalue weighted by Crippen LogP contribution is -2.45. The standard InChI is InChI=1S/C29H27ClF3N5O4S/c1-14(39)24-25(29(31,32)33)43-26(36-24)20-10-23-21(11-22(20)35-18-7-8-37-19(9-18)13-42-28(37)41)27(40)38(15(2)34-23)12-16-3-5-17(30)6-4-16/h3-6,10-11,14,18-19,35,39H,7-9,12-13H2,1-2H3/t14?,18-,19-/m0/s1. The number of hydrogen-bond acceptors (Lipinski definition) is 8. The van der Waals surface area contributed by atoms with Crippen LogP contribution in [0.15, 0.2) is 41.2 Å². The molecule has 4 aromatic rings. The summed E-state index contributed by atoms with van der Waals surface area (Å²) in [5, 5.41) is 14.4. The number of aromatic nitrogens is 3. The highest BCUT2D eigenvalue weighted by Crippen LogP contribution is 2.44. The van der Waals surface area contributed by atoms with E-state index in [1.54, 1.807) is 36.1 Å². The summed E-state index contributed by atoms with van der Waals surface area (Å²) in [4.78, 5) is 35.3. The lowest BCUT2D eigenvalue weighted by atomic mass is 9.97. The molecule has 2 aromatic carbocycles. The maximum atomic E-state index is 13.9. The number of ether oxygens (including phenoxy) is 1. The average molecular weight is 634 g/mol. The number of thiazole rings is 1. The minimum atomic E-state index is -4.71. The molecule has 1 unspecified atom stereocenters. The second kappa shape index (κ2) is 11.1. The van der Waals surface area contributed by atoms with E-state index in [1.807, 2.05) is 12.1 Å². The zero-order chi connectivity index (χ0) is 30.6. The van der Waals surface area contributed by atoms with Crippen LogP contribution in [0.1, 0.15) is 47.8 Å². The van der Waals surface area contributed by atoms with E-state index in [0.717, 1.165) is 5.56 Å². The van der Waals surface area contributed by atoms with Crippen molar-refractivity contribution in [2.45, 2.75) is 57.6 Å². The Kier molecular flexibility index (Phi) is 7.59. The van der Waals surface area contributed by atoms with Gasteiger partial charge in [0.05, 0.1) is 35.3 Å². The number of rotatable bonds is 6. The molecule has 6 rings (SSSR count). The number of aliphatic hydroxyl groups excluding tert-OH is 1. The van der Waals surface area contributed by atoms with Crippen LogP contribution in [0.2, 0.25) is 5.02 Å². The SMILES string of the molecule is Cc1nc2cc(-c3nc(C(C)O)c(C(F)(F)F)s3)c(N[C@H]3CCN4C(=O)OC[C@@H]4C3)cc2c(=O)n1Cc1ccc(Cl)cc1. The van der Waals surface area contributed by atoms with E-state index in [1.165, 1.54) is 11.5 Å². The van der Waals surface area contributed by atoms with Crippen molar-refractivity contribution >= 4 is 45.6 Å².